The quantitative estimate of drug-likeness (QED) is 0.672. The molecule has 0 saturated heterocycles. The van der Waals surface area contributed by atoms with Gasteiger partial charge < -0.3 is 0 Å². The molecule has 0 unspecified atom stereocenters. The first-order valence-electron chi connectivity index (χ1n) is 8.02. The molecule has 2 aromatic carbocycles. The maximum atomic E-state index is 14.4. The minimum Gasteiger partial charge on any atom is -0.293 e. The third-order valence-electron chi connectivity index (χ3n) is 4.25. The van der Waals surface area contributed by atoms with Crippen LogP contribution in [0.4, 0.5) is 4.39 Å². The minimum atomic E-state index is -3.44. The molecule has 132 valence electrons. The second kappa shape index (κ2) is 6.41. The van der Waals surface area contributed by atoms with Gasteiger partial charge in [-0.05, 0) is 54.0 Å². The number of rotatable bonds is 3. The van der Waals surface area contributed by atoms with Gasteiger partial charge in [0.1, 0.15) is 10.8 Å². The Labute approximate surface area is 154 Å². The minimum absolute atomic E-state index is 0.0342. The summed E-state index contributed by atoms with van der Waals surface area (Å²) in [5, 5.41) is 0.536. The summed E-state index contributed by atoms with van der Waals surface area (Å²) in [4.78, 5) is 8.67. The summed E-state index contributed by atoms with van der Waals surface area (Å²) < 4.78 is 38.5. The summed E-state index contributed by atoms with van der Waals surface area (Å²) in [6, 6.07) is 9.94. The molecule has 0 spiro atoms. The molecular formula is C19H15FN2O2S2. The van der Waals surface area contributed by atoms with Crippen LogP contribution < -0.4 is 0 Å². The highest BCUT2D eigenvalue weighted by Gasteiger charge is 2.15. The first-order chi connectivity index (χ1) is 12.4. The molecule has 1 aromatic heterocycles. The van der Waals surface area contributed by atoms with Gasteiger partial charge >= 0.3 is 0 Å². The Hall–Kier alpha value is -2.38. The van der Waals surface area contributed by atoms with Crippen molar-refractivity contribution < 1.29 is 12.8 Å². The van der Waals surface area contributed by atoms with Gasteiger partial charge in [-0.25, -0.2) is 17.8 Å². The summed E-state index contributed by atoms with van der Waals surface area (Å²) in [6.07, 6.45) is 5.79. The molecule has 4 nitrogen and oxygen atoms in total. The van der Waals surface area contributed by atoms with E-state index in [0.29, 0.717) is 10.6 Å². The van der Waals surface area contributed by atoms with Crippen LogP contribution in [-0.2, 0) is 9.84 Å². The first kappa shape index (κ1) is 17.1. The highest BCUT2D eigenvalue weighted by molar-refractivity contribution is 7.90. The molecule has 0 bridgehead atoms. The Morgan fingerprint density at radius 3 is 2.69 bits per heavy atom. The number of sulfone groups is 1. The van der Waals surface area contributed by atoms with Crippen LogP contribution in [-0.4, -0.2) is 32.4 Å². The summed E-state index contributed by atoms with van der Waals surface area (Å²) in [6.45, 7) is 0.787. The van der Waals surface area contributed by atoms with Crippen molar-refractivity contribution in [1.29, 1.82) is 0 Å². The Bertz CT molecular complexity index is 1180. The zero-order valence-electron chi connectivity index (χ0n) is 13.9. The van der Waals surface area contributed by atoms with E-state index >= 15 is 0 Å². The van der Waals surface area contributed by atoms with E-state index in [1.165, 1.54) is 29.0 Å². The third kappa shape index (κ3) is 3.20. The van der Waals surface area contributed by atoms with Crippen LogP contribution in [0.2, 0.25) is 0 Å². The van der Waals surface area contributed by atoms with E-state index in [2.05, 4.69) is 16.0 Å². The van der Waals surface area contributed by atoms with Gasteiger partial charge in [0, 0.05) is 24.6 Å². The third-order valence-corrected chi connectivity index (χ3v) is 6.41. The number of nitrogens with zero attached hydrogens (tertiary/aromatic N) is 2. The molecule has 0 fully saturated rings. The van der Waals surface area contributed by atoms with Crippen molar-refractivity contribution in [1.82, 2.24) is 4.98 Å². The zero-order chi connectivity index (χ0) is 18.3. The fraction of sp³-hybridized carbons (Fsp3) is 0.158. The first-order valence-corrected chi connectivity index (χ1v) is 10.7. The van der Waals surface area contributed by atoms with E-state index in [0.717, 1.165) is 41.1 Å². The topological polar surface area (TPSA) is 59.4 Å². The largest absolute Gasteiger partial charge is 0.293 e. The second-order valence-electron chi connectivity index (χ2n) is 6.11. The van der Waals surface area contributed by atoms with Crippen LogP contribution in [0.1, 0.15) is 12.0 Å². The molecular weight excluding hydrogens is 371 g/mol. The molecule has 0 aliphatic carbocycles. The van der Waals surface area contributed by atoms with Crippen LogP contribution in [0.25, 0.3) is 26.4 Å². The highest BCUT2D eigenvalue weighted by atomic mass is 32.2. The van der Waals surface area contributed by atoms with Crippen molar-refractivity contribution in [3.05, 3.63) is 53.9 Å². The average molecular weight is 386 g/mol. The summed E-state index contributed by atoms with van der Waals surface area (Å²) in [7, 11) is -3.44. The number of dihydropyridines is 1. The Kier molecular flexibility index (Phi) is 4.20. The number of halogens is 1. The maximum absolute atomic E-state index is 14.4. The fourth-order valence-corrected chi connectivity index (χ4v) is 4.53. The predicted molar refractivity (Wildman–Crippen MR) is 104 cm³/mol. The number of fused-ring (bicyclic) bond motifs is 1. The predicted octanol–water partition coefficient (Wildman–Crippen LogP) is 4.36. The summed E-state index contributed by atoms with van der Waals surface area (Å²) in [5.74, 6) is -0.585. The van der Waals surface area contributed by atoms with E-state index in [-0.39, 0.29) is 4.90 Å². The lowest BCUT2D eigenvalue weighted by molar-refractivity contribution is 0.596. The van der Waals surface area contributed by atoms with Gasteiger partial charge in [0.05, 0.1) is 15.1 Å². The highest BCUT2D eigenvalue weighted by Crippen LogP contribution is 2.34. The van der Waals surface area contributed by atoms with E-state index in [1.54, 1.807) is 0 Å². The van der Waals surface area contributed by atoms with Crippen molar-refractivity contribution in [2.24, 2.45) is 4.99 Å². The number of hydrogen-bond donors (Lipinski definition) is 0. The van der Waals surface area contributed by atoms with Crippen LogP contribution in [0.15, 0.2) is 52.4 Å². The fourth-order valence-electron chi connectivity index (χ4n) is 2.87. The zero-order valence-corrected chi connectivity index (χ0v) is 15.6. The van der Waals surface area contributed by atoms with Crippen molar-refractivity contribution in [2.45, 2.75) is 11.3 Å². The van der Waals surface area contributed by atoms with Gasteiger partial charge in [-0.15, -0.1) is 11.3 Å². The van der Waals surface area contributed by atoms with Crippen LogP contribution >= 0.6 is 11.3 Å². The van der Waals surface area contributed by atoms with Gasteiger partial charge in [0.2, 0.25) is 0 Å². The lowest BCUT2D eigenvalue weighted by Gasteiger charge is -2.08. The van der Waals surface area contributed by atoms with E-state index in [4.69, 9.17) is 0 Å². The van der Waals surface area contributed by atoms with Gasteiger partial charge in [0.25, 0.3) is 0 Å². The molecule has 0 atom stereocenters. The normalized spacial score (nSPS) is 14.6. The average Bonchev–Trinajstić information content (AvgIpc) is 3.04. The lowest BCUT2D eigenvalue weighted by atomic mass is 10.0. The van der Waals surface area contributed by atoms with Crippen LogP contribution in [0.3, 0.4) is 0 Å². The van der Waals surface area contributed by atoms with E-state index in [1.807, 2.05) is 24.4 Å². The van der Waals surface area contributed by atoms with Crippen molar-refractivity contribution in [2.75, 3.05) is 12.8 Å². The Morgan fingerprint density at radius 2 is 2.00 bits per heavy atom. The van der Waals surface area contributed by atoms with E-state index in [9.17, 15) is 12.8 Å². The van der Waals surface area contributed by atoms with Crippen molar-refractivity contribution >= 4 is 43.2 Å². The molecule has 1 aliphatic rings. The maximum Gasteiger partial charge on any atom is 0.175 e. The SMILES string of the molecule is CS(=O)(=O)c1ccc(-c2nc3ccc(C4=CC=NCC4)cc3s2)c(F)c1. The number of allylic oxidation sites excluding steroid dienone is 1. The standard InChI is InChI=1S/C19H15FN2O2S2/c1-26(23,24)14-3-4-15(16(20)11-14)19-22-17-5-2-13(10-18(17)25-19)12-6-8-21-9-7-12/h2-6,8,10-11H,7,9H2,1H3. The van der Waals surface area contributed by atoms with Crippen molar-refractivity contribution in [3.8, 4) is 10.6 Å². The summed E-state index contributed by atoms with van der Waals surface area (Å²) in [5.41, 5.74) is 3.45. The number of hydrogen-bond acceptors (Lipinski definition) is 5. The van der Waals surface area contributed by atoms with Gasteiger partial charge in [-0.3, -0.25) is 4.99 Å². The number of aliphatic imine (C=N–C) groups is 1. The molecule has 4 rings (SSSR count). The van der Waals surface area contributed by atoms with Gasteiger partial charge in [-0.2, -0.15) is 0 Å². The monoisotopic (exact) mass is 386 g/mol. The molecule has 26 heavy (non-hydrogen) atoms. The Morgan fingerprint density at radius 1 is 1.15 bits per heavy atom. The number of benzene rings is 2. The molecule has 0 saturated carbocycles. The molecule has 7 heteroatoms. The van der Waals surface area contributed by atoms with Crippen LogP contribution in [0.5, 0.6) is 0 Å². The number of aromatic nitrogens is 1. The van der Waals surface area contributed by atoms with Gasteiger partial charge in [0.15, 0.2) is 9.84 Å². The molecule has 2 heterocycles. The van der Waals surface area contributed by atoms with E-state index < -0.39 is 15.7 Å². The van der Waals surface area contributed by atoms with Crippen LogP contribution in [0, 0.1) is 5.82 Å². The molecule has 0 N–H and O–H groups in total. The summed E-state index contributed by atoms with van der Waals surface area (Å²) >= 11 is 1.39. The molecule has 0 radical (unpaired) electrons. The smallest absolute Gasteiger partial charge is 0.175 e. The molecule has 1 aliphatic heterocycles. The molecule has 0 amide bonds. The molecule has 3 aromatic rings. The lowest BCUT2D eigenvalue weighted by Crippen LogP contribution is -1.98. The number of thiazole rings is 1. The Balaban J connectivity index is 1.76. The van der Waals surface area contributed by atoms with Crippen molar-refractivity contribution in [3.63, 3.8) is 0 Å². The van der Waals surface area contributed by atoms with Gasteiger partial charge in [-0.1, -0.05) is 6.07 Å². The second-order valence-corrected chi connectivity index (χ2v) is 9.16.